The highest BCUT2D eigenvalue weighted by Gasteiger charge is 2.18. The lowest BCUT2D eigenvalue weighted by molar-refractivity contribution is -0.150. The first-order valence-corrected chi connectivity index (χ1v) is 9.53. The van der Waals surface area contributed by atoms with Gasteiger partial charge in [-0.3, -0.25) is 4.79 Å². The number of carbonyl (C=O) groups is 1. The van der Waals surface area contributed by atoms with Gasteiger partial charge in [-0.2, -0.15) is 0 Å². The van der Waals surface area contributed by atoms with Crippen molar-refractivity contribution < 1.29 is 14.6 Å². The number of esters is 1. The summed E-state index contributed by atoms with van der Waals surface area (Å²) in [5.41, 5.74) is 0. The predicted molar refractivity (Wildman–Crippen MR) is 92.9 cm³/mol. The average molecular weight is 315 g/mol. The topological polar surface area (TPSA) is 46.5 Å². The number of hydrogen-bond acceptors (Lipinski definition) is 3. The van der Waals surface area contributed by atoms with Crippen molar-refractivity contribution in [2.75, 3.05) is 13.2 Å². The summed E-state index contributed by atoms with van der Waals surface area (Å²) in [5.74, 6) is -0.0857. The maximum Gasteiger partial charge on any atom is 0.309 e. The van der Waals surface area contributed by atoms with Gasteiger partial charge in [0.2, 0.25) is 0 Å². The molecule has 0 amide bonds. The molecule has 22 heavy (non-hydrogen) atoms. The lowest BCUT2D eigenvalue weighted by Gasteiger charge is -2.14. The Balaban J connectivity index is 3.53. The molecule has 3 nitrogen and oxygen atoms in total. The van der Waals surface area contributed by atoms with E-state index in [1.165, 1.54) is 57.8 Å². The number of carbonyl (C=O) groups excluding carboxylic acids is 1. The van der Waals surface area contributed by atoms with Crippen LogP contribution < -0.4 is 0 Å². The fraction of sp³-hybridized carbons (Fsp3) is 0.947. The van der Waals surface area contributed by atoms with Crippen LogP contribution in [0.3, 0.4) is 0 Å². The summed E-state index contributed by atoms with van der Waals surface area (Å²) in [6.07, 6.45) is 16.0. The summed E-state index contributed by atoms with van der Waals surface area (Å²) in [5, 5.41) is 8.71. The highest BCUT2D eigenvalue weighted by atomic mass is 16.5. The summed E-state index contributed by atoms with van der Waals surface area (Å²) in [4.78, 5) is 11.9. The van der Waals surface area contributed by atoms with Crippen molar-refractivity contribution in [1.29, 1.82) is 0 Å². The minimum atomic E-state index is -0.119. The fourth-order valence-electron chi connectivity index (χ4n) is 2.87. The zero-order valence-electron chi connectivity index (χ0n) is 14.9. The van der Waals surface area contributed by atoms with Crippen molar-refractivity contribution in [2.45, 2.75) is 97.3 Å². The second-order valence-electron chi connectivity index (χ2n) is 6.35. The minimum Gasteiger partial charge on any atom is -0.463 e. The largest absolute Gasteiger partial charge is 0.463 e. The van der Waals surface area contributed by atoms with E-state index in [-0.39, 0.29) is 25.1 Å². The molecule has 0 spiro atoms. The van der Waals surface area contributed by atoms with E-state index in [1.54, 1.807) is 0 Å². The molecule has 0 radical (unpaired) electrons. The zero-order valence-corrected chi connectivity index (χ0v) is 14.9. The average Bonchev–Trinajstić information content (AvgIpc) is 2.53. The zero-order chi connectivity index (χ0) is 16.5. The third kappa shape index (κ3) is 13.1. The molecular formula is C19H38O3. The molecule has 0 heterocycles. The smallest absolute Gasteiger partial charge is 0.309 e. The summed E-state index contributed by atoms with van der Waals surface area (Å²) in [6.45, 7) is 4.41. The molecule has 1 unspecified atom stereocenters. The van der Waals surface area contributed by atoms with Crippen molar-refractivity contribution in [2.24, 2.45) is 5.92 Å². The van der Waals surface area contributed by atoms with Gasteiger partial charge in [-0.15, -0.1) is 0 Å². The van der Waals surface area contributed by atoms with Crippen molar-refractivity contribution in [3.8, 4) is 0 Å². The van der Waals surface area contributed by atoms with Gasteiger partial charge >= 0.3 is 5.97 Å². The number of aliphatic hydroxyl groups is 1. The van der Waals surface area contributed by atoms with Crippen LogP contribution in [0.15, 0.2) is 0 Å². The van der Waals surface area contributed by atoms with E-state index in [2.05, 4.69) is 13.8 Å². The fourth-order valence-corrected chi connectivity index (χ4v) is 2.87. The second-order valence-corrected chi connectivity index (χ2v) is 6.35. The van der Waals surface area contributed by atoms with Crippen molar-refractivity contribution >= 4 is 5.97 Å². The van der Waals surface area contributed by atoms with Gasteiger partial charge in [0.25, 0.3) is 0 Å². The predicted octanol–water partition coefficient (Wildman–Crippen LogP) is 5.25. The number of rotatable bonds is 16. The van der Waals surface area contributed by atoms with Gasteiger partial charge in [-0.1, -0.05) is 84.5 Å². The van der Waals surface area contributed by atoms with Crippen LogP contribution in [0.1, 0.15) is 97.3 Å². The molecule has 0 aromatic rings. The Morgan fingerprint density at radius 1 is 0.818 bits per heavy atom. The van der Waals surface area contributed by atoms with E-state index >= 15 is 0 Å². The van der Waals surface area contributed by atoms with Gasteiger partial charge in [0, 0.05) is 0 Å². The van der Waals surface area contributed by atoms with Crippen LogP contribution >= 0.6 is 0 Å². The van der Waals surface area contributed by atoms with E-state index in [0.29, 0.717) is 0 Å². The molecule has 0 saturated heterocycles. The van der Waals surface area contributed by atoms with E-state index in [0.717, 1.165) is 25.7 Å². The van der Waals surface area contributed by atoms with E-state index in [1.807, 2.05) is 0 Å². The molecular weight excluding hydrogens is 276 g/mol. The van der Waals surface area contributed by atoms with Gasteiger partial charge in [0.1, 0.15) is 6.61 Å². The first-order chi connectivity index (χ1) is 10.8. The van der Waals surface area contributed by atoms with Gasteiger partial charge in [0.15, 0.2) is 0 Å². The highest BCUT2D eigenvalue weighted by Crippen LogP contribution is 2.18. The summed E-state index contributed by atoms with van der Waals surface area (Å²) in [7, 11) is 0. The van der Waals surface area contributed by atoms with Crippen molar-refractivity contribution in [3.05, 3.63) is 0 Å². The third-order valence-corrected chi connectivity index (χ3v) is 4.21. The molecule has 0 rings (SSSR count). The van der Waals surface area contributed by atoms with Crippen LogP contribution in [0, 0.1) is 5.92 Å². The summed E-state index contributed by atoms with van der Waals surface area (Å²) < 4.78 is 5.06. The third-order valence-electron chi connectivity index (χ3n) is 4.21. The lowest BCUT2D eigenvalue weighted by Crippen LogP contribution is -2.19. The molecule has 0 aliphatic rings. The number of ether oxygens (including phenoxy) is 1. The Kier molecular flexibility index (Phi) is 16.4. The van der Waals surface area contributed by atoms with Crippen LogP contribution in [-0.4, -0.2) is 24.3 Å². The maximum absolute atomic E-state index is 11.9. The highest BCUT2D eigenvalue weighted by molar-refractivity contribution is 5.72. The standard InChI is InChI=1S/C19H38O3/c1-3-5-6-7-8-9-10-11-12-13-15-18(14-4-2)19(21)22-17-16-20/h18,20H,3-17H2,1-2H3. The minimum absolute atomic E-state index is 0.0330. The van der Waals surface area contributed by atoms with E-state index < -0.39 is 0 Å². The normalized spacial score (nSPS) is 12.3. The van der Waals surface area contributed by atoms with Crippen LogP contribution in [0.2, 0.25) is 0 Å². The first kappa shape index (κ1) is 21.4. The van der Waals surface area contributed by atoms with Crippen molar-refractivity contribution in [1.82, 2.24) is 0 Å². The maximum atomic E-state index is 11.9. The Bertz CT molecular complexity index is 241. The van der Waals surface area contributed by atoms with Crippen LogP contribution in [0.4, 0.5) is 0 Å². The van der Waals surface area contributed by atoms with Gasteiger partial charge in [0.05, 0.1) is 12.5 Å². The Labute approximate surface area is 137 Å². The van der Waals surface area contributed by atoms with Gasteiger partial charge in [-0.05, 0) is 12.8 Å². The van der Waals surface area contributed by atoms with Gasteiger partial charge in [-0.25, -0.2) is 0 Å². The quantitative estimate of drug-likeness (QED) is 0.313. The molecule has 0 fully saturated rings. The molecule has 0 aliphatic heterocycles. The summed E-state index contributed by atoms with van der Waals surface area (Å²) in [6, 6.07) is 0. The van der Waals surface area contributed by atoms with E-state index in [4.69, 9.17) is 9.84 Å². The van der Waals surface area contributed by atoms with Crippen LogP contribution in [-0.2, 0) is 9.53 Å². The SMILES string of the molecule is CCCCCCCCCCCCC(CCC)C(=O)OCCO. The molecule has 0 bridgehead atoms. The van der Waals surface area contributed by atoms with E-state index in [9.17, 15) is 4.79 Å². The van der Waals surface area contributed by atoms with Crippen LogP contribution in [0.5, 0.6) is 0 Å². The Morgan fingerprint density at radius 3 is 1.86 bits per heavy atom. The number of unbranched alkanes of at least 4 members (excludes halogenated alkanes) is 9. The first-order valence-electron chi connectivity index (χ1n) is 9.53. The number of hydrogen-bond donors (Lipinski definition) is 1. The van der Waals surface area contributed by atoms with Crippen LogP contribution in [0.25, 0.3) is 0 Å². The second kappa shape index (κ2) is 16.8. The Morgan fingerprint density at radius 2 is 1.36 bits per heavy atom. The van der Waals surface area contributed by atoms with Crippen molar-refractivity contribution in [3.63, 3.8) is 0 Å². The Hall–Kier alpha value is -0.570. The van der Waals surface area contributed by atoms with Gasteiger partial charge < -0.3 is 9.84 Å². The molecule has 3 heteroatoms. The number of aliphatic hydroxyl groups excluding tert-OH is 1. The molecule has 0 aromatic carbocycles. The molecule has 132 valence electrons. The summed E-state index contributed by atoms with van der Waals surface area (Å²) >= 11 is 0. The molecule has 1 N–H and O–H groups in total. The molecule has 1 atom stereocenters. The molecule has 0 saturated carbocycles. The molecule has 0 aromatic heterocycles. The monoisotopic (exact) mass is 314 g/mol. The molecule has 0 aliphatic carbocycles. The lowest BCUT2D eigenvalue weighted by atomic mass is 9.96.